The van der Waals surface area contributed by atoms with Gasteiger partial charge in [0.25, 0.3) is 11.8 Å². The summed E-state index contributed by atoms with van der Waals surface area (Å²) in [6, 6.07) is 11.3. The second kappa shape index (κ2) is 8.80. The standard InChI is InChI=1S/C22H27N3O2/c1-3-25(19-11-7-8-16(2)14-19)22(27)20-15-17(12-13-23-20)21(26)24-18-9-5-4-6-10-18/h7-8,11-15,18H,3-6,9-10H2,1-2H3,(H,24,26). The second-order valence-corrected chi connectivity index (χ2v) is 7.13. The molecule has 1 aliphatic carbocycles. The number of hydrogen-bond acceptors (Lipinski definition) is 3. The highest BCUT2D eigenvalue weighted by molar-refractivity contribution is 6.06. The summed E-state index contributed by atoms with van der Waals surface area (Å²) in [6.45, 7) is 4.46. The van der Waals surface area contributed by atoms with Crippen LogP contribution in [0.4, 0.5) is 5.69 Å². The van der Waals surface area contributed by atoms with Crippen LogP contribution in [0.2, 0.25) is 0 Å². The molecule has 1 N–H and O–H groups in total. The lowest BCUT2D eigenvalue weighted by molar-refractivity contribution is 0.0927. The minimum absolute atomic E-state index is 0.128. The molecule has 3 rings (SSSR count). The zero-order valence-electron chi connectivity index (χ0n) is 16.1. The number of anilines is 1. The van der Waals surface area contributed by atoms with Gasteiger partial charge in [-0.1, -0.05) is 31.4 Å². The Balaban J connectivity index is 1.77. The van der Waals surface area contributed by atoms with E-state index in [4.69, 9.17) is 0 Å². The highest BCUT2D eigenvalue weighted by Gasteiger charge is 2.21. The topological polar surface area (TPSA) is 62.3 Å². The molecule has 1 aromatic carbocycles. The van der Waals surface area contributed by atoms with E-state index in [2.05, 4.69) is 10.3 Å². The molecule has 0 saturated heterocycles. The number of nitrogens with one attached hydrogen (secondary N) is 1. The number of nitrogens with zero attached hydrogens (tertiary/aromatic N) is 2. The SMILES string of the molecule is CCN(C(=O)c1cc(C(=O)NC2CCCCC2)ccn1)c1cccc(C)c1. The number of pyridine rings is 1. The fourth-order valence-corrected chi connectivity index (χ4v) is 3.58. The summed E-state index contributed by atoms with van der Waals surface area (Å²) in [5.41, 5.74) is 2.70. The fraction of sp³-hybridized carbons (Fsp3) is 0.409. The summed E-state index contributed by atoms with van der Waals surface area (Å²) in [4.78, 5) is 31.5. The molecule has 0 unspecified atom stereocenters. The first-order valence-corrected chi connectivity index (χ1v) is 9.74. The van der Waals surface area contributed by atoms with Crippen LogP contribution in [0.3, 0.4) is 0 Å². The van der Waals surface area contributed by atoms with E-state index in [1.165, 1.54) is 12.6 Å². The van der Waals surface area contributed by atoms with Gasteiger partial charge < -0.3 is 10.2 Å². The molecule has 1 aliphatic rings. The molecular formula is C22H27N3O2. The lowest BCUT2D eigenvalue weighted by Gasteiger charge is -2.23. The van der Waals surface area contributed by atoms with E-state index in [1.54, 1.807) is 17.0 Å². The molecule has 0 bridgehead atoms. The number of carbonyl (C=O) groups is 2. The Morgan fingerprint density at radius 2 is 1.93 bits per heavy atom. The van der Waals surface area contributed by atoms with E-state index in [-0.39, 0.29) is 23.6 Å². The zero-order valence-corrected chi connectivity index (χ0v) is 16.1. The van der Waals surface area contributed by atoms with E-state index in [9.17, 15) is 9.59 Å². The van der Waals surface area contributed by atoms with Crippen molar-refractivity contribution >= 4 is 17.5 Å². The Morgan fingerprint density at radius 1 is 1.15 bits per heavy atom. The summed E-state index contributed by atoms with van der Waals surface area (Å²) in [7, 11) is 0. The maximum atomic E-state index is 13.0. The molecule has 2 aromatic rings. The Morgan fingerprint density at radius 3 is 2.63 bits per heavy atom. The Labute approximate surface area is 160 Å². The molecule has 0 radical (unpaired) electrons. The van der Waals surface area contributed by atoms with E-state index in [0.29, 0.717) is 12.1 Å². The number of rotatable bonds is 5. The molecule has 1 saturated carbocycles. The number of benzene rings is 1. The fourth-order valence-electron chi connectivity index (χ4n) is 3.58. The van der Waals surface area contributed by atoms with Crippen LogP contribution in [0.25, 0.3) is 0 Å². The van der Waals surface area contributed by atoms with Crippen molar-refractivity contribution in [2.45, 2.75) is 52.0 Å². The average molecular weight is 365 g/mol. The van der Waals surface area contributed by atoms with Crippen molar-refractivity contribution in [3.8, 4) is 0 Å². The monoisotopic (exact) mass is 365 g/mol. The van der Waals surface area contributed by atoms with Gasteiger partial charge in [-0.2, -0.15) is 0 Å². The molecule has 5 heteroatoms. The minimum atomic E-state index is -0.199. The first-order chi connectivity index (χ1) is 13.1. The quantitative estimate of drug-likeness (QED) is 0.867. The predicted octanol–water partition coefficient (Wildman–Crippen LogP) is 4.12. The van der Waals surface area contributed by atoms with Gasteiger partial charge in [-0.3, -0.25) is 14.6 Å². The number of amides is 2. The third-order valence-electron chi connectivity index (χ3n) is 5.06. The molecular weight excluding hydrogens is 338 g/mol. The smallest absolute Gasteiger partial charge is 0.276 e. The first-order valence-electron chi connectivity index (χ1n) is 9.74. The van der Waals surface area contributed by atoms with Gasteiger partial charge in [-0.15, -0.1) is 0 Å². The van der Waals surface area contributed by atoms with Gasteiger partial charge in [0.15, 0.2) is 0 Å². The van der Waals surface area contributed by atoms with E-state index in [1.807, 2.05) is 38.1 Å². The van der Waals surface area contributed by atoms with Gasteiger partial charge in [-0.05, 0) is 56.5 Å². The van der Waals surface area contributed by atoms with Crippen molar-refractivity contribution in [3.05, 3.63) is 59.4 Å². The molecule has 27 heavy (non-hydrogen) atoms. The maximum Gasteiger partial charge on any atom is 0.276 e. The molecule has 2 amide bonds. The minimum Gasteiger partial charge on any atom is -0.349 e. The molecule has 1 heterocycles. The van der Waals surface area contributed by atoms with Crippen LogP contribution < -0.4 is 10.2 Å². The van der Waals surface area contributed by atoms with E-state index >= 15 is 0 Å². The van der Waals surface area contributed by atoms with Crippen molar-refractivity contribution in [2.24, 2.45) is 0 Å². The largest absolute Gasteiger partial charge is 0.349 e. The number of aromatic nitrogens is 1. The third-order valence-corrected chi connectivity index (χ3v) is 5.06. The number of carbonyl (C=O) groups excluding carboxylic acids is 2. The average Bonchev–Trinajstić information content (AvgIpc) is 2.69. The second-order valence-electron chi connectivity index (χ2n) is 7.13. The molecule has 1 fully saturated rings. The summed E-state index contributed by atoms with van der Waals surface area (Å²) in [5.74, 6) is -0.327. The highest BCUT2D eigenvalue weighted by Crippen LogP contribution is 2.20. The maximum absolute atomic E-state index is 13.0. The van der Waals surface area contributed by atoms with Crippen LogP contribution in [0.15, 0.2) is 42.6 Å². The van der Waals surface area contributed by atoms with Gasteiger partial charge in [0.2, 0.25) is 0 Å². The van der Waals surface area contributed by atoms with Crippen LogP contribution >= 0.6 is 0 Å². The molecule has 0 spiro atoms. The van der Waals surface area contributed by atoms with Crippen molar-refractivity contribution < 1.29 is 9.59 Å². The van der Waals surface area contributed by atoms with Gasteiger partial charge in [0, 0.05) is 30.0 Å². The molecule has 1 aromatic heterocycles. The van der Waals surface area contributed by atoms with Gasteiger partial charge in [0.1, 0.15) is 5.69 Å². The predicted molar refractivity (Wildman–Crippen MR) is 107 cm³/mol. The highest BCUT2D eigenvalue weighted by atomic mass is 16.2. The van der Waals surface area contributed by atoms with Crippen molar-refractivity contribution in [1.29, 1.82) is 0 Å². The third kappa shape index (κ3) is 4.73. The van der Waals surface area contributed by atoms with Crippen LogP contribution in [-0.4, -0.2) is 29.4 Å². The summed E-state index contributed by atoms with van der Waals surface area (Å²) in [6.07, 6.45) is 7.15. The summed E-state index contributed by atoms with van der Waals surface area (Å²) < 4.78 is 0. The molecule has 5 nitrogen and oxygen atoms in total. The van der Waals surface area contributed by atoms with Crippen LogP contribution in [0, 0.1) is 6.92 Å². The lowest BCUT2D eigenvalue weighted by Crippen LogP contribution is -2.36. The van der Waals surface area contributed by atoms with Gasteiger partial charge >= 0.3 is 0 Å². The van der Waals surface area contributed by atoms with Crippen LogP contribution in [0.1, 0.15) is 65.4 Å². The van der Waals surface area contributed by atoms with Gasteiger partial charge in [0.05, 0.1) is 0 Å². The van der Waals surface area contributed by atoms with Crippen LogP contribution in [-0.2, 0) is 0 Å². The normalized spacial score (nSPS) is 14.6. The zero-order chi connectivity index (χ0) is 19.2. The Kier molecular flexibility index (Phi) is 6.22. The van der Waals surface area contributed by atoms with Crippen molar-refractivity contribution in [1.82, 2.24) is 10.3 Å². The molecule has 0 atom stereocenters. The Bertz CT molecular complexity index is 813. The molecule has 142 valence electrons. The number of aryl methyl sites for hydroxylation is 1. The van der Waals surface area contributed by atoms with Crippen molar-refractivity contribution in [3.63, 3.8) is 0 Å². The van der Waals surface area contributed by atoms with Crippen LogP contribution in [0.5, 0.6) is 0 Å². The lowest BCUT2D eigenvalue weighted by atomic mass is 9.95. The van der Waals surface area contributed by atoms with E-state index < -0.39 is 0 Å². The van der Waals surface area contributed by atoms with E-state index in [0.717, 1.165) is 36.9 Å². The first kappa shape index (κ1) is 19.1. The summed E-state index contributed by atoms with van der Waals surface area (Å²) >= 11 is 0. The Hall–Kier alpha value is -2.69. The molecule has 0 aliphatic heterocycles. The van der Waals surface area contributed by atoms with Gasteiger partial charge in [-0.25, -0.2) is 0 Å². The summed E-state index contributed by atoms with van der Waals surface area (Å²) in [5, 5.41) is 3.09. The van der Waals surface area contributed by atoms with Crippen molar-refractivity contribution in [2.75, 3.05) is 11.4 Å². The number of hydrogen-bond donors (Lipinski definition) is 1.